The molecule has 0 unspecified atom stereocenters. The summed E-state index contributed by atoms with van der Waals surface area (Å²) in [4.78, 5) is 1.29. The van der Waals surface area contributed by atoms with Gasteiger partial charge in [0, 0.05) is 24.8 Å². The SMILES string of the molecule is c1csc(C2=NN3[C@@H](C2)c2ccccc2OC32CCCCC2)c1. The molecule has 0 saturated heterocycles. The molecule has 1 aromatic carbocycles. The fourth-order valence-corrected chi connectivity index (χ4v) is 4.98. The van der Waals surface area contributed by atoms with Gasteiger partial charge in [-0.2, -0.15) is 5.10 Å². The van der Waals surface area contributed by atoms with Crippen LogP contribution in [0.4, 0.5) is 0 Å². The summed E-state index contributed by atoms with van der Waals surface area (Å²) in [6.45, 7) is 0. The summed E-state index contributed by atoms with van der Waals surface area (Å²) >= 11 is 1.78. The first kappa shape index (κ1) is 13.6. The molecular weight excluding hydrogens is 304 g/mol. The Morgan fingerprint density at radius 1 is 1.09 bits per heavy atom. The van der Waals surface area contributed by atoms with E-state index in [1.54, 1.807) is 11.3 Å². The molecule has 3 heterocycles. The van der Waals surface area contributed by atoms with E-state index in [9.17, 15) is 0 Å². The van der Waals surface area contributed by atoms with E-state index < -0.39 is 0 Å². The van der Waals surface area contributed by atoms with E-state index in [-0.39, 0.29) is 5.72 Å². The minimum Gasteiger partial charge on any atom is -0.466 e. The molecule has 3 aliphatic rings. The zero-order valence-electron chi connectivity index (χ0n) is 13.1. The summed E-state index contributed by atoms with van der Waals surface area (Å²) in [6.07, 6.45) is 6.93. The van der Waals surface area contributed by atoms with E-state index in [1.807, 2.05) is 0 Å². The van der Waals surface area contributed by atoms with E-state index in [2.05, 4.69) is 46.8 Å². The molecule has 23 heavy (non-hydrogen) atoms. The quantitative estimate of drug-likeness (QED) is 0.741. The largest absolute Gasteiger partial charge is 0.466 e. The van der Waals surface area contributed by atoms with Crippen LogP contribution >= 0.6 is 11.3 Å². The molecular formula is C19H20N2OS. The van der Waals surface area contributed by atoms with Gasteiger partial charge in [0.05, 0.1) is 16.6 Å². The molecule has 3 nitrogen and oxygen atoms in total. The van der Waals surface area contributed by atoms with Crippen LogP contribution in [0.5, 0.6) is 5.75 Å². The molecule has 0 amide bonds. The topological polar surface area (TPSA) is 24.8 Å². The number of hydrogen-bond acceptors (Lipinski definition) is 4. The van der Waals surface area contributed by atoms with Crippen molar-refractivity contribution >= 4 is 17.0 Å². The normalized spacial score (nSPS) is 24.8. The summed E-state index contributed by atoms with van der Waals surface area (Å²) in [5.41, 5.74) is 2.28. The van der Waals surface area contributed by atoms with E-state index in [0.717, 1.165) is 25.0 Å². The van der Waals surface area contributed by atoms with Crippen molar-refractivity contribution in [3.05, 3.63) is 52.2 Å². The molecule has 2 aliphatic heterocycles. The van der Waals surface area contributed by atoms with Crippen molar-refractivity contribution in [2.45, 2.75) is 50.3 Å². The number of para-hydroxylation sites is 1. The molecule has 1 atom stereocenters. The maximum Gasteiger partial charge on any atom is 0.198 e. The summed E-state index contributed by atoms with van der Waals surface area (Å²) in [6, 6.07) is 13.2. The van der Waals surface area contributed by atoms with Crippen LogP contribution in [-0.4, -0.2) is 16.4 Å². The Bertz CT molecular complexity index is 746. The third-order valence-corrected chi connectivity index (χ3v) is 6.27. The number of fused-ring (bicyclic) bond motifs is 4. The zero-order chi connectivity index (χ0) is 15.3. The van der Waals surface area contributed by atoms with Gasteiger partial charge in [-0.1, -0.05) is 30.7 Å². The summed E-state index contributed by atoms with van der Waals surface area (Å²) < 4.78 is 6.56. The Morgan fingerprint density at radius 2 is 1.96 bits per heavy atom. The highest BCUT2D eigenvalue weighted by molar-refractivity contribution is 7.12. The predicted molar refractivity (Wildman–Crippen MR) is 92.9 cm³/mol. The second kappa shape index (κ2) is 5.10. The van der Waals surface area contributed by atoms with Crippen LogP contribution < -0.4 is 4.74 Å². The van der Waals surface area contributed by atoms with Gasteiger partial charge in [-0.25, -0.2) is 5.01 Å². The van der Waals surface area contributed by atoms with Gasteiger partial charge in [-0.15, -0.1) is 11.3 Å². The lowest BCUT2D eigenvalue weighted by molar-refractivity contribution is -0.140. The first-order valence-corrected chi connectivity index (χ1v) is 9.42. The van der Waals surface area contributed by atoms with Gasteiger partial charge >= 0.3 is 0 Å². The maximum atomic E-state index is 6.56. The summed E-state index contributed by atoms with van der Waals surface area (Å²) in [5, 5.41) is 9.51. The smallest absolute Gasteiger partial charge is 0.198 e. The first-order chi connectivity index (χ1) is 11.4. The Balaban J connectivity index is 1.61. The van der Waals surface area contributed by atoms with Gasteiger partial charge in [-0.05, 0) is 30.4 Å². The third kappa shape index (κ3) is 2.04. The molecule has 5 rings (SSSR count). The molecule has 0 radical (unpaired) electrons. The van der Waals surface area contributed by atoms with Gasteiger partial charge in [0.2, 0.25) is 0 Å². The van der Waals surface area contributed by atoms with Crippen LogP contribution in [0.2, 0.25) is 0 Å². The van der Waals surface area contributed by atoms with Crippen LogP contribution in [0.1, 0.15) is 55.0 Å². The highest BCUT2D eigenvalue weighted by atomic mass is 32.1. The number of benzene rings is 1. The monoisotopic (exact) mass is 324 g/mol. The number of rotatable bonds is 1. The van der Waals surface area contributed by atoms with Gasteiger partial charge in [0.25, 0.3) is 0 Å². The fourth-order valence-electron chi connectivity index (χ4n) is 4.26. The highest BCUT2D eigenvalue weighted by Gasteiger charge is 2.50. The van der Waals surface area contributed by atoms with Gasteiger partial charge < -0.3 is 4.74 Å². The number of hydrogen-bond donors (Lipinski definition) is 0. The predicted octanol–water partition coefficient (Wildman–Crippen LogP) is 4.95. The molecule has 1 saturated carbocycles. The van der Waals surface area contributed by atoms with Crippen molar-refractivity contribution in [1.29, 1.82) is 0 Å². The van der Waals surface area contributed by atoms with Crippen molar-refractivity contribution in [2.24, 2.45) is 5.10 Å². The van der Waals surface area contributed by atoms with Gasteiger partial charge in [0.15, 0.2) is 5.72 Å². The third-order valence-electron chi connectivity index (χ3n) is 5.35. The summed E-state index contributed by atoms with van der Waals surface area (Å²) in [5.74, 6) is 1.07. The lowest BCUT2D eigenvalue weighted by atomic mass is 9.87. The van der Waals surface area contributed by atoms with E-state index in [1.165, 1.54) is 35.4 Å². The van der Waals surface area contributed by atoms with E-state index in [4.69, 9.17) is 9.84 Å². The Morgan fingerprint density at radius 3 is 2.78 bits per heavy atom. The van der Waals surface area contributed by atoms with Crippen molar-refractivity contribution in [3.63, 3.8) is 0 Å². The Hall–Kier alpha value is -1.81. The van der Waals surface area contributed by atoms with Crippen molar-refractivity contribution in [2.75, 3.05) is 0 Å². The minimum atomic E-state index is -0.226. The minimum absolute atomic E-state index is 0.226. The van der Waals surface area contributed by atoms with Crippen molar-refractivity contribution < 1.29 is 4.74 Å². The fraction of sp³-hybridized carbons (Fsp3) is 0.421. The second-order valence-corrected chi connectivity index (χ2v) is 7.68. The zero-order valence-corrected chi connectivity index (χ0v) is 13.9. The van der Waals surface area contributed by atoms with Crippen LogP contribution in [0, 0.1) is 0 Å². The molecule has 1 aromatic heterocycles. The number of thiophene rings is 1. The van der Waals surface area contributed by atoms with Gasteiger partial charge in [-0.3, -0.25) is 0 Å². The van der Waals surface area contributed by atoms with Crippen molar-refractivity contribution in [3.8, 4) is 5.75 Å². The number of hydrazone groups is 1. The van der Waals surface area contributed by atoms with Gasteiger partial charge in [0.1, 0.15) is 5.75 Å². The van der Waals surface area contributed by atoms with Crippen LogP contribution in [0.25, 0.3) is 0 Å². The molecule has 0 N–H and O–H groups in total. The second-order valence-electron chi connectivity index (χ2n) is 6.74. The van der Waals surface area contributed by atoms with Crippen LogP contribution in [-0.2, 0) is 0 Å². The highest BCUT2D eigenvalue weighted by Crippen LogP contribution is 2.51. The number of nitrogens with zero attached hydrogens (tertiary/aromatic N) is 2. The molecule has 1 fully saturated rings. The first-order valence-electron chi connectivity index (χ1n) is 8.54. The Kier molecular flexibility index (Phi) is 3.02. The molecule has 1 aliphatic carbocycles. The van der Waals surface area contributed by atoms with Crippen molar-refractivity contribution in [1.82, 2.24) is 5.01 Å². The molecule has 4 heteroatoms. The lowest BCUT2D eigenvalue weighted by Gasteiger charge is -2.49. The molecule has 0 bridgehead atoms. The van der Waals surface area contributed by atoms with Crippen LogP contribution in [0.3, 0.4) is 0 Å². The van der Waals surface area contributed by atoms with Crippen LogP contribution in [0.15, 0.2) is 46.9 Å². The van der Waals surface area contributed by atoms with E-state index >= 15 is 0 Å². The standard InChI is InChI=1S/C19H20N2OS/c1-4-10-19(11-5-1)21-16(14-7-2-3-8-17(14)22-19)13-15(20-21)18-9-6-12-23-18/h2-3,6-9,12,16H,1,4-5,10-11,13H2/t16-/m0/s1. The lowest BCUT2D eigenvalue weighted by Crippen LogP contribution is -2.54. The molecule has 2 aromatic rings. The average Bonchev–Trinajstić information content (AvgIpc) is 3.26. The van der Waals surface area contributed by atoms with E-state index in [0.29, 0.717) is 6.04 Å². The summed E-state index contributed by atoms with van der Waals surface area (Å²) in [7, 11) is 0. The Labute approximate surface area is 140 Å². The molecule has 1 spiro atoms. The number of ether oxygens (including phenoxy) is 1. The molecule has 118 valence electrons. The average molecular weight is 324 g/mol. The maximum absolute atomic E-state index is 6.56.